The summed E-state index contributed by atoms with van der Waals surface area (Å²) in [5.74, 6) is -0.463. The number of carbonyl (C=O) groups excluding carboxylic acids is 1. The number of β-amino-alcohol motifs (C(OH)–C–C–N with tert-alkyl or cyclic N) is 1. The molecule has 2 aromatic rings. The molecule has 134 valence electrons. The number of carbonyl (C=O) groups is 1. The van der Waals surface area contributed by atoms with Crippen molar-refractivity contribution >= 4 is 5.91 Å². The molecule has 3 rings (SSSR count). The minimum atomic E-state index is -1.02. The van der Waals surface area contributed by atoms with E-state index in [0.29, 0.717) is 25.1 Å². The predicted molar refractivity (Wildman–Crippen MR) is 99.9 cm³/mol. The molecule has 1 aliphatic heterocycles. The lowest BCUT2D eigenvalue weighted by atomic mass is 9.89. The highest BCUT2D eigenvalue weighted by Gasteiger charge is 2.34. The zero-order chi connectivity index (χ0) is 18.6. The van der Waals surface area contributed by atoms with Crippen molar-refractivity contribution in [2.75, 3.05) is 13.1 Å². The van der Waals surface area contributed by atoms with Crippen molar-refractivity contribution in [3.05, 3.63) is 59.7 Å². The largest absolute Gasteiger partial charge is 0.388 e. The van der Waals surface area contributed by atoms with Crippen LogP contribution in [0.2, 0.25) is 0 Å². The lowest BCUT2D eigenvalue weighted by molar-refractivity contribution is -0.125. The van der Waals surface area contributed by atoms with E-state index in [0.717, 1.165) is 29.7 Å². The molecule has 0 bridgehead atoms. The number of rotatable bonds is 5. The summed E-state index contributed by atoms with van der Waals surface area (Å²) >= 11 is 0. The summed E-state index contributed by atoms with van der Waals surface area (Å²) in [4.78, 5) is 13.3. The molecule has 0 radical (unpaired) electrons. The minimum absolute atomic E-state index is 0.00732. The number of hydrogen-bond acceptors (Lipinski definition) is 4. The van der Waals surface area contributed by atoms with Crippen LogP contribution in [0, 0.1) is 11.3 Å². The Morgan fingerprint density at radius 3 is 2.65 bits per heavy atom. The molecular weight excluding hydrogens is 326 g/mol. The van der Waals surface area contributed by atoms with Crippen LogP contribution in [0.3, 0.4) is 0 Å². The smallest absolute Gasteiger partial charge is 0.220 e. The fourth-order valence-electron chi connectivity index (χ4n) is 3.69. The summed E-state index contributed by atoms with van der Waals surface area (Å²) in [6.45, 7) is 2.05. The van der Waals surface area contributed by atoms with Gasteiger partial charge in [-0.2, -0.15) is 5.26 Å². The van der Waals surface area contributed by atoms with E-state index in [1.807, 2.05) is 48.5 Å². The summed E-state index contributed by atoms with van der Waals surface area (Å²) in [6, 6.07) is 17.9. The number of amides is 1. The van der Waals surface area contributed by atoms with E-state index in [2.05, 4.69) is 11.0 Å². The van der Waals surface area contributed by atoms with Gasteiger partial charge in [0, 0.05) is 13.1 Å². The van der Waals surface area contributed by atoms with Crippen LogP contribution in [0.5, 0.6) is 0 Å². The molecule has 1 amide bonds. The zero-order valence-corrected chi connectivity index (χ0v) is 14.7. The lowest BCUT2D eigenvalue weighted by Crippen LogP contribution is -2.49. The predicted octanol–water partition coefficient (Wildman–Crippen LogP) is 2.43. The quantitative estimate of drug-likeness (QED) is 0.867. The van der Waals surface area contributed by atoms with Gasteiger partial charge in [-0.3, -0.25) is 9.69 Å². The Bertz CT molecular complexity index is 826. The van der Waals surface area contributed by atoms with Gasteiger partial charge in [0.15, 0.2) is 0 Å². The Kier molecular flexibility index (Phi) is 5.36. The normalized spacial score (nSPS) is 20.5. The molecule has 1 aliphatic rings. The van der Waals surface area contributed by atoms with Crippen LogP contribution in [0.4, 0.5) is 0 Å². The van der Waals surface area contributed by atoms with Crippen LogP contribution in [-0.4, -0.2) is 34.6 Å². The number of benzene rings is 2. The molecule has 0 aliphatic carbocycles. The van der Waals surface area contributed by atoms with Crippen LogP contribution in [-0.2, 0) is 11.3 Å². The molecule has 3 N–H and O–H groups in total. The molecule has 5 nitrogen and oxygen atoms in total. The molecular formula is C21H23N3O2. The van der Waals surface area contributed by atoms with E-state index in [9.17, 15) is 15.2 Å². The third kappa shape index (κ3) is 4.29. The number of likely N-dealkylation sites (tertiary alicyclic amines) is 1. The van der Waals surface area contributed by atoms with Gasteiger partial charge in [-0.15, -0.1) is 0 Å². The van der Waals surface area contributed by atoms with Crippen molar-refractivity contribution in [1.29, 1.82) is 5.26 Å². The van der Waals surface area contributed by atoms with Gasteiger partial charge in [0.05, 0.1) is 23.7 Å². The van der Waals surface area contributed by atoms with E-state index in [1.54, 1.807) is 0 Å². The third-order valence-corrected chi connectivity index (χ3v) is 4.86. The van der Waals surface area contributed by atoms with Gasteiger partial charge < -0.3 is 10.8 Å². The van der Waals surface area contributed by atoms with Crippen molar-refractivity contribution in [3.63, 3.8) is 0 Å². The van der Waals surface area contributed by atoms with Crippen molar-refractivity contribution in [2.24, 2.45) is 5.73 Å². The number of aliphatic hydroxyl groups is 1. The standard InChI is InChI=1S/C21H23N3O2/c22-13-18-4-1-2-5-19(18)17-8-6-16(7-9-17)14-24-11-3-10-21(26,15-24)12-20(23)25/h1-2,4-9,26H,3,10-12,14-15H2,(H2,23,25). The summed E-state index contributed by atoms with van der Waals surface area (Å²) in [7, 11) is 0. The molecule has 2 aromatic carbocycles. The van der Waals surface area contributed by atoms with Crippen molar-refractivity contribution in [2.45, 2.75) is 31.4 Å². The summed E-state index contributed by atoms with van der Waals surface area (Å²) < 4.78 is 0. The van der Waals surface area contributed by atoms with Gasteiger partial charge >= 0.3 is 0 Å². The number of nitrogens with zero attached hydrogens (tertiary/aromatic N) is 2. The van der Waals surface area contributed by atoms with Gasteiger partial charge in [0.25, 0.3) is 0 Å². The maximum Gasteiger partial charge on any atom is 0.220 e. The second-order valence-electron chi connectivity index (χ2n) is 7.04. The van der Waals surface area contributed by atoms with E-state index >= 15 is 0 Å². The number of nitriles is 1. The van der Waals surface area contributed by atoms with Crippen LogP contribution < -0.4 is 5.73 Å². The first-order chi connectivity index (χ1) is 12.5. The van der Waals surface area contributed by atoms with Gasteiger partial charge in [-0.05, 0) is 42.1 Å². The first-order valence-corrected chi connectivity index (χ1v) is 8.81. The van der Waals surface area contributed by atoms with Gasteiger partial charge in [-0.25, -0.2) is 0 Å². The second-order valence-corrected chi connectivity index (χ2v) is 7.04. The summed E-state index contributed by atoms with van der Waals surface area (Å²) in [5.41, 5.74) is 7.97. The van der Waals surface area contributed by atoms with Crippen LogP contribution in [0.15, 0.2) is 48.5 Å². The average molecular weight is 349 g/mol. The van der Waals surface area contributed by atoms with E-state index in [1.165, 1.54) is 0 Å². The van der Waals surface area contributed by atoms with Gasteiger partial charge in [0.2, 0.25) is 5.91 Å². The van der Waals surface area contributed by atoms with Crippen LogP contribution in [0.25, 0.3) is 11.1 Å². The highest BCUT2D eigenvalue weighted by Crippen LogP contribution is 2.27. The number of piperidine rings is 1. The fourth-order valence-corrected chi connectivity index (χ4v) is 3.69. The van der Waals surface area contributed by atoms with E-state index in [-0.39, 0.29) is 6.42 Å². The Morgan fingerprint density at radius 1 is 1.23 bits per heavy atom. The molecule has 1 fully saturated rings. The highest BCUT2D eigenvalue weighted by atomic mass is 16.3. The first kappa shape index (κ1) is 18.1. The third-order valence-electron chi connectivity index (χ3n) is 4.86. The van der Waals surface area contributed by atoms with Crippen LogP contribution >= 0.6 is 0 Å². The molecule has 0 saturated carbocycles. The Hall–Kier alpha value is -2.68. The van der Waals surface area contributed by atoms with E-state index < -0.39 is 11.5 Å². The molecule has 1 unspecified atom stereocenters. The maximum absolute atomic E-state index is 11.2. The molecule has 1 atom stereocenters. The van der Waals surface area contributed by atoms with E-state index in [4.69, 9.17) is 5.73 Å². The average Bonchev–Trinajstić information content (AvgIpc) is 2.61. The molecule has 5 heteroatoms. The zero-order valence-electron chi connectivity index (χ0n) is 14.7. The lowest BCUT2D eigenvalue weighted by Gasteiger charge is -2.38. The Balaban J connectivity index is 1.70. The fraction of sp³-hybridized carbons (Fsp3) is 0.333. The second kappa shape index (κ2) is 7.69. The van der Waals surface area contributed by atoms with Crippen molar-refractivity contribution in [1.82, 2.24) is 4.90 Å². The topological polar surface area (TPSA) is 90.3 Å². The molecule has 0 spiro atoms. The molecule has 0 aromatic heterocycles. The maximum atomic E-state index is 11.2. The summed E-state index contributed by atoms with van der Waals surface area (Å²) in [5, 5.41) is 19.8. The molecule has 1 saturated heterocycles. The van der Waals surface area contributed by atoms with Gasteiger partial charge in [0.1, 0.15) is 0 Å². The monoisotopic (exact) mass is 349 g/mol. The molecule has 1 heterocycles. The number of primary amides is 1. The number of nitrogens with two attached hydrogens (primary N) is 1. The highest BCUT2D eigenvalue weighted by molar-refractivity contribution is 5.75. The number of hydrogen-bond donors (Lipinski definition) is 2. The Labute approximate surface area is 153 Å². The SMILES string of the molecule is N#Cc1ccccc1-c1ccc(CN2CCCC(O)(CC(N)=O)C2)cc1. The van der Waals surface area contributed by atoms with Crippen molar-refractivity contribution in [3.8, 4) is 17.2 Å². The Morgan fingerprint density at radius 2 is 1.96 bits per heavy atom. The molecule has 26 heavy (non-hydrogen) atoms. The van der Waals surface area contributed by atoms with Crippen LogP contribution in [0.1, 0.15) is 30.4 Å². The summed E-state index contributed by atoms with van der Waals surface area (Å²) in [6.07, 6.45) is 1.46. The first-order valence-electron chi connectivity index (χ1n) is 8.81. The van der Waals surface area contributed by atoms with Crippen molar-refractivity contribution < 1.29 is 9.90 Å². The minimum Gasteiger partial charge on any atom is -0.388 e. The van der Waals surface area contributed by atoms with Gasteiger partial charge in [-0.1, -0.05) is 42.5 Å².